The third-order valence-corrected chi connectivity index (χ3v) is 3.25. The van der Waals surface area contributed by atoms with E-state index in [9.17, 15) is 0 Å². The molecule has 16 heavy (non-hydrogen) atoms. The fourth-order valence-electron chi connectivity index (χ4n) is 2.08. The second kappa shape index (κ2) is 4.26. The van der Waals surface area contributed by atoms with Gasteiger partial charge >= 0.3 is 0 Å². The Morgan fingerprint density at radius 1 is 1.38 bits per heavy atom. The molecule has 0 atom stereocenters. The predicted molar refractivity (Wildman–Crippen MR) is 64.2 cm³/mol. The number of hydrogen-bond donors (Lipinski definition) is 1. The Morgan fingerprint density at radius 2 is 2.31 bits per heavy atom. The van der Waals surface area contributed by atoms with E-state index in [4.69, 9.17) is 0 Å². The van der Waals surface area contributed by atoms with Crippen molar-refractivity contribution < 1.29 is 0 Å². The van der Waals surface area contributed by atoms with Gasteiger partial charge in [-0.05, 0) is 31.0 Å². The monoisotopic (exact) mass is 215 g/mol. The molecule has 0 aromatic carbocycles. The van der Waals surface area contributed by atoms with Crippen molar-refractivity contribution in [3.8, 4) is 0 Å². The van der Waals surface area contributed by atoms with Crippen molar-refractivity contribution >= 4 is 5.65 Å². The lowest BCUT2D eigenvalue weighted by Crippen LogP contribution is -2.17. The quantitative estimate of drug-likeness (QED) is 0.775. The molecular formula is C13H17N3. The van der Waals surface area contributed by atoms with Gasteiger partial charge in [-0.25, -0.2) is 4.98 Å². The molecule has 1 N–H and O–H groups in total. The smallest absolute Gasteiger partial charge is 0.136 e. The number of pyridine rings is 1. The molecule has 3 heteroatoms. The second-order valence-corrected chi connectivity index (χ2v) is 4.58. The van der Waals surface area contributed by atoms with Gasteiger partial charge in [0.05, 0.1) is 0 Å². The van der Waals surface area contributed by atoms with Crippen LogP contribution < -0.4 is 5.32 Å². The van der Waals surface area contributed by atoms with E-state index >= 15 is 0 Å². The van der Waals surface area contributed by atoms with Crippen LogP contribution in [0.4, 0.5) is 0 Å². The van der Waals surface area contributed by atoms with Crippen molar-refractivity contribution in [1.29, 1.82) is 0 Å². The first kappa shape index (κ1) is 9.85. The number of nitrogens with zero attached hydrogens (tertiary/aromatic N) is 2. The summed E-state index contributed by atoms with van der Waals surface area (Å²) in [6, 6.07) is 6.26. The zero-order valence-corrected chi connectivity index (χ0v) is 9.39. The van der Waals surface area contributed by atoms with E-state index < -0.39 is 0 Å². The molecular weight excluding hydrogens is 198 g/mol. The molecule has 0 unspecified atom stereocenters. The fourth-order valence-corrected chi connectivity index (χ4v) is 2.08. The van der Waals surface area contributed by atoms with Gasteiger partial charge in [0.15, 0.2) is 0 Å². The van der Waals surface area contributed by atoms with E-state index in [0.29, 0.717) is 0 Å². The highest BCUT2D eigenvalue weighted by molar-refractivity contribution is 5.39. The van der Waals surface area contributed by atoms with Gasteiger partial charge in [-0.2, -0.15) is 0 Å². The Kier molecular flexibility index (Phi) is 2.62. The summed E-state index contributed by atoms with van der Waals surface area (Å²) in [5, 5.41) is 3.51. The predicted octanol–water partition coefficient (Wildman–Crippen LogP) is 2.22. The van der Waals surface area contributed by atoms with Gasteiger partial charge < -0.3 is 9.72 Å². The Bertz CT molecular complexity index is 471. The molecule has 2 aromatic rings. The van der Waals surface area contributed by atoms with Gasteiger partial charge in [-0.1, -0.05) is 18.9 Å². The third-order valence-electron chi connectivity index (χ3n) is 3.25. The van der Waals surface area contributed by atoms with E-state index in [1.807, 2.05) is 18.5 Å². The first-order valence-corrected chi connectivity index (χ1v) is 6.05. The number of hydrogen-bond acceptors (Lipinski definition) is 2. The van der Waals surface area contributed by atoms with Crippen molar-refractivity contribution in [2.24, 2.45) is 5.92 Å². The highest BCUT2D eigenvalue weighted by Gasteiger charge is 2.19. The molecule has 0 aliphatic heterocycles. The molecule has 3 rings (SSSR count). The average Bonchev–Trinajstić information content (AvgIpc) is 3.00. The summed E-state index contributed by atoms with van der Waals surface area (Å²) in [5.74, 6) is 1.01. The van der Waals surface area contributed by atoms with Crippen LogP contribution in [0.15, 0.2) is 30.6 Å². The first-order chi connectivity index (χ1) is 7.93. The van der Waals surface area contributed by atoms with E-state index in [2.05, 4.69) is 26.8 Å². The Hall–Kier alpha value is -1.35. The minimum Gasteiger partial charge on any atom is -0.311 e. The van der Waals surface area contributed by atoms with Crippen LogP contribution in [0.2, 0.25) is 0 Å². The maximum absolute atomic E-state index is 4.28. The van der Waals surface area contributed by atoms with Gasteiger partial charge in [0.1, 0.15) is 5.65 Å². The van der Waals surface area contributed by atoms with E-state index in [-0.39, 0.29) is 0 Å². The zero-order chi connectivity index (χ0) is 10.8. The summed E-state index contributed by atoms with van der Waals surface area (Å²) in [4.78, 5) is 4.28. The van der Waals surface area contributed by atoms with Gasteiger partial charge in [-0.3, -0.25) is 0 Å². The summed E-state index contributed by atoms with van der Waals surface area (Å²) in [5.41, 5.74) is 2.31. The summed E-state index contributed by atoms with van der Waals surface area (Å²) < 4.78 is 2.14. The molecule has 1 aliphatic rings. The average molecular weight is 215 g/mol. The molecule has 3 nitrogen and oxygen atoms in total. The van der Waals surface area contributed by atoms with Crippen LogP contribution in [0, 0.1) is 5.92 Å². The van der Waals surface area contributed by atoms with Crippen LogP contribution in [-0.2, 0) is 6.54 Å². The summed E-state index contributed by atoms with van der Waals surface area (Å²) in [6.07, 6.45) is 8.09. The molecule has 2 heterocycles. The molecule has 1 fully saturated rings. The van der Waals surface area contributed by atoms with Gasteiger partial charge in [0.2, 0.25) is 0 Å². The Balaban J connectivity index is 1.61. The number of rotatable bonds is 5. The normalized spacial score (nSPS) is 15.8. The largest absolute Gasteiger partial charge is 0.311 e. The number of nitrogens with one attached hydrogen (secondary N) is 1. The van der Waals surface area contributed by atoms with Crippen molar-refractivity contribution in [1.82, 2.24) is 14.7 Å². The van der Waals surface area contributed by atoms with Crippen molar-refractivity contribution in [2.75, 3.05) is 6.54 Å². The maximum atomic E-state index is 4.28. The number of aromatic nitrogens is 2. The molecule has 1 saturated carbocycles. The molecule has 0 amide bonds. The lowest BCUT2D eigenvalue weighted by molar-refractivity contribution is 0.604. The van der Waals surface area contributed by atoms with Crippen LogP contribution in [0.1, 0.15) is 25.0 Å². The second-order valence-electron chi connectivity index (χ2n) is 4.58. The molecule has 0 spiro atoms. The standard InChI is InChI=1S/C13H17N3/c1-2-12(10-14-7-6-11-4-5-11)16-9-8-15-13(16)3-1/h1-3,8-9,11,14H,4-7,10H2. The molecule has 84 valence electrons. The van der Waals surface area contributed by atoms with Gasteiger partial charge in [0.25, 0.3) is 0 Å². The van der Waals surface area contributed by atoms with Crippen molar-refractivity contribution in [2.45, 2.75) is 25.8 Å². The number of fused-ring (bicyclic) bond motifs is 1. The zero-order valence-electron chi connectivity index (χ0n) is 9.39. The van der Waals surface area contributed by atoms with E-state index in [1.54, 1.807) is 0 Å². The van der Waals surface area contributed by atoms with Crippen molar-refractivity contribution in [3.05, 3.63) is 36.3 Å². The third kappa shape index (κ3) is 2.09. The topological polar surface area (TPSA) is 29.3 Å². The molecule has 0 bridgehead atoms. The van der Waals surface area contributed by atoms with Crippen LogP contribution >= 0.6 is 0 Å². The highest BCUT2D eigenvalue weighted by atomic mass is 15.0. The van der Waals surface area contributed by atoms with Gasteiger partial charge in [0, 0.05) is 24.6 Å². The van der Waals surface area contributed by atoms with Crippen LogP contribution in [-0.4, -0.2) is 15.9 Å². The summed E-state index contributed by atoms with van der Waals surface area (Å²) in [6.45, 7) is 2.07. The minimum absolute atomic E-state index is 0.931. The van der Waals surface area contributed by atoms with E-state index in [0.717, 1.165) is 24.7 Å². The minimum atomic E-state index is 0.931. The first-order valence-electron chi connectivity index (χ1n) is 6.05. The molecule has 2 aromatic heterocycles. The summed E-state index contributed by atoms with van der Waals surface area (Å²) >= 11 is 0. The highest BCUT2D eigenvalue weighted by Crippen LogP contribution is 2.31. The SMILES string of the molecule is c1cc(CNCCC2CC2)n2ccnc2c1. The summed E-state index contributed by atoms with van der Waals surface area (Å²) in [7, 11) is 0. The molecule has 0 saturated heterocycles. The fraction of sp³-hybridized carbons (Fsp3) is 0.462. The van der Waals surface area contributed by atoms with Crippen LogP contribution in [0.25, 0.3) is 5.65 Å². The van der Waals surface area contributed by atoms with Crippen molar-refractivity contribution in [3.63, 3.8) is 0 Å². The van der Waals surface area contributed by atoms with Crippen LogP contribution in [0.3, 0.4) is 0 Å². The maximum Gasteiger partial charge on any atom is 0.136 e. The Labute approximate surface area is 95.5 Å². The van der Waals surface area contributed by atoms with E-state index in [1.165, 1.54) is 25.0 Å². The Morgan fingerprint density at radius 3 is 3.19 bits per heavy atom. The number of imidazole rings is 1. The van der Waals surface area contributed by atoms with Crippen LogP contribution in [0.5, 0.6) is 0 Å². The lowest BCUT2D eigenvalue weighted by Gasteiger charge is -2.06. The molecule has 0 radical (unpaired) electrons. The lowest BCUT2D eigenvalue weighted by atomic mass is 10.3. The molecule has 1 aliphatic carbocycles. The van der Waals surface area contributed by atoms with Gasteiger partial charge in [-0.15, -0.1) is 0 Å².